The number of carbonyl (C=O) groups excluding carboxylic acids is 3. The molecule has 1 aliphatic rings. The number of unbranched alkanes of at least 4 members (excludes halogenated alkanes) is 9. The van der Waals surface area contributed by atoms with E-state index in [4.69, 9.17) is 18.5 Å². The van der Waals surface area contributed by atoms with Crippen LogP contribution in [-0.4, -0.2) is 109 Å². The molecule has 64 heavy (non-hydrogen) atoms. The van der Waals surface area contributed by atoms with Gasteiger partial charge in [0.15, 0.2) is 6.10 Å². The van der Waals surface area contributed by atoms with Crippen molar-refractivity contribution in [2.45, 2.75) is 180 Å². The second kappa shape index (κ2) is 36.4. The van der Waals surface area contributed by atoms with E-state index in [0.29, 0.717) is 36.7 Å². The third kappa shape index (κ3) is 32.8. The van der Waals surface area contributed by atoms with Gasteiger partial charge in [-0.25, -0.2) is 0 Å². The minimum absolute atomic E-state index is 0.0614. The zero-order valence-corrected chi connectivity index (χ0v) is 40.9. The lowest BCUT2D eigenvalue weighted by Crippen LogP contribution is -2.37. The van der Waals surface area contributed by atoms with Crippen molar-refractivity contribution >= 4 is 25.5 Å². The molecule has 0 spiro atoms. The number of hydrogen-bond acceptors (Lipinski definition) is 12. The molecule has 0 aliphatic heterocycles. The third-order valence-corrected chi connectivity index (χ3v) is 12.0. The lowest BCUT2D eigenvalue weighted by atomic mass is 9.87. The van der Waals surface area contributed by atoms with E-state index >= 15 is 0 Å². The summed E-state index contributed by atoms with van der Waals surface area (Å²) in [6.45, 7) is 3.60. The van der Waals surface area contributed by atoms with E-state index in [2.05, 4.69) is 62.5 Å². The van der Waals surface area contributed by atoms with Gasteiger partial charge in [-0.1, -0.05) is 113 Å². The van der Waals surface area contributed by atoms with Gasteiger partial charge in [0.25, 0.3) is 7.82 Å². The molecule has 1 aliphatic carbocycles. The molecule has 0 aromatic heterocycles. The van der Waals surface area contributed by atoms with Crippen LogP contribution in [-0.2, 0) is 37.5 Å². The van der Waals surface area contributed by atoms with Gasteiger partial charge in [-0.05, 0) is 70.6 Å². The normalized spacial score (nSPS) is 20.3. The lowest BCUT2D eigenvalue weighted by Gasteiger charge is -2.28. The van der Waals surface area contributed by atoms with Crippen LogP contribution in [0.25, 0.3) is 0 Å². The molecule has 0 saturated heterocycles. The quantitative estimate of drug-likeness (QED) is 0.0175. The Morgan fingerprint density at radius 3 is 1.91 bits per heavy atom. The summed E-state index contributed by atoms with van der Waals surface area (Å²) in [6, 6.07) is 0. The van der Waals surface area contributed by atoms with Crippen molar-refractivity contribution in [3.63, 3.8) is 0 Å². The second-order valence-corrected chi connectivity index (χ2v) is 19.5. The Bertz CT molecular complexity index is 1450. The molecule has 0 aromatic carbocycles. The summed E-state index contributed by atoms with van der Waals surface area (Å²) in [7, 11) is 0.910. The van der Waals surface area contributed by atoms with Crippen LogP contribution in [0.15, 0.2) is 60.8 Å². The Hall–Kier alpha value is -2.74. The molecule has 0 heterocycles. The van der Waals surface area contributed by atoms with Gasteiger partial charge in [-0.3, -0.25) is 18.9 Å². The number of nitrogens with zero attached hydrogens (tertiary/aromatic N) is 1. The topological polar surface area (TPSA) is 189 Å². The highest BCUT2D eigenvalue weighted by molar-refractivity contribution is 7.45. The zero-order chi connectivity index (χ0) is 47.5. The summed E-state index contributed by atoms with van der Waals surface area (Å²) in [5.41, 5.74) is 0. The van der Waals surface area contributed by atoms with Gasteiger partial charge in [-0.2, -0.15) is 0 Å². The Labute approximate surface area is 386 Å². The average Bonchev–Trinajstić information content (AvgIpc) is 3.50. The standard InChI is InChI=1S/C50H86NO12P/c1-6-8-10-11-12-13-14-15-16-17-18-19-20-21-22-23-24-25-27-32-49(56)60-40-44(41-62-64(58,59)61-37-36-51(3,4)5)63-50(57)33-29-28-31-43(53)38-46-45(47(54)39-48(46)55)35-34-42(52)30-26-9-7-2/h12-13,15-16,18-19,21-22,34-35,42,44-48,52,54-55H,6-11,14,17,20,23-33,36-41H2,1-5H3/b13-12-,16-15-,19-18-,22-21-,35-34+/t42-,44+,45+,46+,47+,48-/m0/s1. The van der Waals surface area contributed by atoms with Gasteiger partial charge < -0.3 is 43.2 Å². The highest BCUT2D eigenvalue weighted by Crippen LogP contribution is 2.39. The van der Waals surface area contributed by atoms with Gasteiger partial charge in [0.05, 0.1) is 46.1 Å². The van der Waals surface area contributed by atoms with Crippen LogP contribution in [0.5, 0.6) is 0 Å². The average molecular weight is 924 g/mol. The van der Waals surface area contributed by atoms with Gasteiger partial charge in [0.2, 0.25) is 0 Å². The Kier molecular flexibility index (Phi) is 33.7. The molecule has 14 heteroatoms. The summed E-state index contributed by atoms with van der Waals surface area (Å²) in [5.74, 6) is -2.20. The lowest BCUT2D eigenvalue weighted by molar-refractivity contribution is -0.870. The summed E-state index contributed by atoms with van der Waals surface area (Å²) >= 11 is 0. The number of allylic oxidation sites excluding steroid dienone is 8. The van der Waals surface area contributed by atoms with E-state index in [9.17, 15) is 39.2 Å². The minimum atomic E-state index is -4.75. The van der Waals surface area contributed by atoms with Gasteiger partial charge >= 0.3 is 11.9 Å². The van der Waals surface area contributed by atoms with Crippen LogP contribution in [0.1, 0.15) is 155 Å². The maximum atomic E-state index is 12.9. The Balaban J connectivity index is 2.51. The molecule has 368 valence electrons. The number of rotatable bonds is 39. The van der Waals surface area contributed by atoms with Crippen molar-refractivity contribution in [3.8, 4) is 0 Å². The molecule has 1 fully saturated rings. The number of likely N-dealkylation sites (N-methyl/N-ethyl adjacent to an activating group) is 1. The predicted octanol–water partition coefficient (Wildman–Crippen LogP) is 8.95. The molecule has 1 saturated carbocycles. The number of aliphatic hydroxyl groups is 3. The number of phosphoric acid groups is 1. The number of phosphoric ester groups is 1. The highest BCUT2D eigenvalue weighted by Gasteiger charge is 2.41. The van der Waals surface area contributed by atoms with Crippen LogP contribution in [0.2, 0.25) is 0 Å². The Morgan fingerprint density at radius 2 is 1.28 bits per heavy atom. The summed E-state index contributed by atoms with van der Waals surface area (Å²) < 4.78 is 33.8. The number of Topliss-reactive ketones (excluding diaryl/α,β-unsaturated/α-hetero) is 1. The number of ketones is 1. The van der Waals surface area contributed by atoms with E-state index in [1.54, 1.807) is 12.2 Å². The van der Waals surface area contributed by atoms with Gasteiger partial charge in [-0.15, -0.1) is 0 Å². The summed E-state index contributed by atoms with van der Waals surface area (Å²) in [6.07, 6.45) is 33.0. The van der Waals surface area contributed by atoms with Gasteiger partial charge in [0, 0.05) is 43.9 Å². The monoisotopic (exact) mass is 924 g/mol. The first-order valence-electron chi connectivity index (χ1n) is 24.2. The van der Waals surface area contributed by atoms with Crippen LogP contribution in [0.4, 0.5) is 0 Å². The summed E-state index contributed by atoms with van der Waals surface area (Å²) in [5, 5.41) is 31.4. The van der Waals surface area contributed by atoms with Crippen LogP contribution in [0.3, 0.4) is 0 Å². The second-order valence-electron chi connectivity index (χ2n) is 18.1. The fraction of sp³-hybridized carbons (Fsp3) is 0.740. The van der Waals surface area contributed by atoms with E-state index < -0.39 is 69.2 Å². The molecule has 0 aromatic rings. The minimum Gasteiger partial charge on any atom is -0.756 e. The maximum Gasteiger partial charge on any atom is 0.306 e. The fourth-order valence-electron chi connectivity index (χ4n) is 7.10. The number of carbonyl (C=O) groups is 3. The molecule has 1 rings (SSSR count). The molecule has 0 amide bonds. The number of ether oxygens (including phenoxy) is 2. The maximum absolute atomic E-state index is 12.9. The van der Waals surface area contributed by atoms with E-state index in [1.807, 2.05) is 21.1 Å². The Morgan fingerprint density at radius 1 is 0.719 bits per heavy atom. The molecule has 3 N–H and O–H groups in total. The van der Waals surface area contributed by atoms with Crippen molar-refractivity contribution in [1.29, 1.82) is 0 Å². The third-order valence-electron chi connectivity index (χ3n) is 11.0. The smallest absolute Gasteiger partial charge is 0.306 e. The predicted molar refractivity (Wildman–Crippen MR) is 252 cm³/mol. The SMILES string of the molecule is CCCCC/C=C\C/C=C\C/C=C\C/C=C\CCCCCC(=O)OC[C@H](COP(=O)([O-])OCC[N+](C)(C)C)OC(=O)CCCCC(=O)C[C@@H]1[C@@H](/C=C/[C@@H](O)CCCCC)[C@H](O)C[C@@H]1O. The van der Waals surface area contributed by atoms with Crippen molar-refractivity contribution in [2.24, 2.45) is 11.8 Å². The molecular weight excluding hydrogens is 838 g/mol. The molecule has 0 bridgehead atoms. The highest BCUT2D eigenvalue weighted by atomic mass is 31.2. The number of esters is 2. The van der Waals surface area contributed by atoms with E-state index in [1.165, 1.54) is 19.3 Å². The number of hydrogen-bond donors (Lipinski definition) is 3. The zero-order valence-electron chi connectivity index (χ0n) is 40.0. The first-order chi connectivity index (χ1) is 30.6. The van der Waals surface area contributed by atoms with Gasteiger partial charge in [0.1, 0.15) is 25.5 Å². The van der Waals surface area contributed by atoms with Crippen molar-refractivity contribution in [1.82, 2.24) is 0 Å². The van der Waals surface area contributed by atoms with Crippen molar-refractivity contribution in [2.75, 3.05) is 47.5 Å². The first kappa shape index (κ1) is 59.3. The van der Waals surface area contributed by atoms with E-state index in [-0.39, 0.29) is 44.5 Å². The summed E-state index contributed by atoms with van der Waals surface area (Å²) in [4.78, 5) is 50.8. The number of quaternary nitrogens is 1. The van der Waals surface area contributed by atoms with Crippen LogP contribution >= 0.6 is 7.82 Å². The van der Waals surface area contributed by atoms with Crippen molar-refractivity contribution < 1.29 is 62.2 Å². The molecular formula is C50H86NO12P. The van der Waals surface area contributed by atoms with E-state index in [0.717, 1.165) is 64.2 Å². The fourth-order valence-corrected chi connectivity index (χ4v) is 7.83. The molecule has 1 unspecified atom stereocenters. The van der Waals surface area contributed by atoms with Crippen LogP contribution < -0.4 is 4.89 Å². The largest absolute Gasteiger partial charge is 0.756 e. The first-order valence-corrected chi connectivity index (χ1v) is 25.6. The molecule has 13 nitrogen and oxygen atoms in total. The molecule has 0 radical (unpaired) electrons. The number of aliphatic hydroxyl groups excluding tert-OH is 3. The van der Waals surface area contributed by atoms with Crippen molar-refractivity contribution in [3.05, 3.63) is 60.8 Å². The van der Waals surface area contributed by atoms with Crippen LogP contribution in [0, 0.1) is 11.8 Å². The molecule has 7 atom stereocenters.